The number of aliphatic carboxylic acids is 1. The van der Waals surface area contributed by atoms with Gasteiger partial charge in [-0.1, -0.05) is 5.21 Å². The molecule has 0 fully saturated rings. The largest absolute Gasteiger partial charge is 0.481 e. The van der Waals surface area contributed by atoms with Crippen molar-refractivity contribution in [2.75, 3.05) is 26.9 Å². The molecule has 0 aliphatic rings. The van der Waals surface area contributed by atoms with Gasteiger partial charge in [0.1, 0.15) is 0 Å². The van der Waals surface area contributed by atoms with Crippen LogP contribution in [0.15, 0.2) is 6.20 Å². The number of hydrogen-bond donors (Lipinski definition) is 1. The molecule has 96 valence electrons. The molecular weight excluding hydrogens is 226 g/mol. The first-order valence-corrected chi connectivity index (χ1v) is 5.40. The minimum Gasteiger partial charge on any atom is -0.481 e. The Labute approximate surface area is 99.3 Å². The van der Waals surface area contributed by atoms with Crippen LogP contribution in [0.4, 0.5) is 0 Å². The molecule has 1 aromatic heterocycles. The fourth-order valence-electron chi connectivity index (χ4n) is 1.26. The van der Waals surface area contributed by atoms with Crippen LogP contribution in [0.2, 0.25) is 0 Å². The Bertz CT molecular complexity index is 340. The van der Waals surface area contributed by atoms with Crippen LogP contribution >= 0.6 is 0 Å². The number of rotatable bonds is 9. The third-order valence-corrected chi connectivity index (χ3v) is 2.03. The normalized spacial score (nSPS) is 10.6. The number of ether oxygens (including phenoxy) is 2. The van der Waals surface area contributed by atoms with Gasteiger partial charge in [-0.05, 0) is 6.42 Å². The molecule has 0 aliphatic carbocycles. The summed E-state index contributed by atoms with van der Waals surface area (Å²) in [5.74, 6) is -0.903. The van der Waals surface area contributed by atoms with Crippen LogP contribution in [0.25, 0.3) is 0 Å². The number of methoxy groups -OCH3 is 1. The zero-order valence-corrected chi connectivity index (χ0v) is 9.83. The van der Waals surface area contributed by atoms with Crippen LogP contribution in [0, 0.1) is 0 Å². The van der Waals surface area contributed by atoms with Crippen LogP contribution in [0.1, 0.15) is 12.1 Å². The molecule has 7 heteroatoms. The molecule has 1 aromatic rings. The van der Waals surface area contributed by atoms with Gasteiger partial charge >= 0.3 is 5.97 Å². The van der Waals surface area contributed by atoms with Crippen LogP contribution in [0.3, 0.4) is 0 Å². The second kappa shape index (κ2) is 7.75. The lowest BCUT2D eigenvalue weighted by molar-refractivity contribution is -0.136. The van der Waals surface area contributed by atoms with Crippen LogP contribution < -0.4 is 0 Å². The molecule has 0 spiro atoms. The molecule has 0 atom stereocenters. The van der Waals surface area contributed by atoms with Crippen LogP contribution in [-0.2, 0) is 27.2 Å². The molecule has 0 amide bonds. The number of carboxylic acids is 1. The number of hydrogen-bond acceptors (Lipinski definition) is 5. The van der Waals surface area contributed by atoms with E-state index in [1.165, 1.54) is 0 Å². The monoisotopic (exact) mass is 243 g/mol. The summed E-state index contributed by atoms with van der Waals surface area (Å²) in [6.45, 7) is 2.46. The van der Waals surface area contributed by atoms with Crippen molar-refractivity contribution in [3.8, 4) is 0 Å². The number of carboxylic acid groups (broad SMARTS) is 1. The summed E-state index contributed by atoms with van der Waals surface area (Å²) in [6, 6.07) is 0. The average molecular weight is 243 g/mol. The number of aryl methyl sites for hydroxylation is 1. The first-order valence-electron chi connectivity index (χ1n) is 5.40. The Kier molecular flexibility index (Phi) is 6.19. The molecule has 0 radical (unpaired) electrons. The van der Waals surface area contributed by atoms with Crippen molar-refractivity contribution < 1.29 is 19.4 Å². The van der Waals surface area contributed by atoms with Gasteiger partial charge in [0.05, 0.1) is 25.3 Å². The predicted molar refractivity (Wildman–Crippen MR) is 58.7 cm³/mol. The Morgan fingerprint density at radius 1 is 1.47 bits per heavy atom. The third-order valence-electron chi connectivity index (χ3n) is 2.03. The first kappa shape index (κ1) is 13.6. The fraction of sp³-hybridized carbons (Fsp3) is 0.700. The molecule has 1 heterocycles. The second-order valence-electron chi connectivity index (χ2n) is 3.50. The maximum absolute atomic E-state index is 10.4. The summed E-state index contributed by atoms with van der Waals surface area (Å²) >= 11 is 0. The molecule has 0 aliphatic heterocycles. The molecular formula is C10H17N3O4. The van der Waals surface area contributed by atoms with E-state index in [0.717, 1.165) is 6.42 Å². The minimum absolute atomic E-state index is 0.0929. The summed E-state index contributed by atoms with van der Waals surface area (Å²) in [6.07, 6.45) is 2.35. The summed E-state index contributed by atoms with van der Waals surface area (Å²) in [7, 11) is 1.63. The van der Waals surface area contributed by atoms with Gasteiger partial charge in [-0.3, -0.25) is 9.48 Å². The van der Waals surface area contributed by atoms with E-state index in [1.807, 2.05) is 0 Å². The minimum atomic E-state index is -0.903. The van der Waals surface area contributed by atoms with Crippen molar-refractivity contribution in [3.63, 3.8) is 0 Å². The summed E-state index contributed by atoms with van der Waals surface area (Å²) in [5.41, 5.74) is 0.470. The SMILES string of the molecule is COCCOCCCn1cc(CC(=O)O)nn1. The highest BCUT2D eigenvalue weighted by atomic mass is 16.5. The van der Waals surface area contributed by atoms with Crippen LogP contribution in [-0.4, -0.2) is 53.0 Å². The summed E-state index contributed by atoms with van der Waals surface area (Å²) in [5, 5.41) is 16.1. The smallest absolute Gasteiger partial charge is 0.309 e. The lowest BCUT2D eigenvalue weighted by Crippen LogP contribution is -2.06. The molecule has 1 rings (SSSR count). The van der Waals surface area contributed by atoms with Gasteiger partial charge in [0.2, 0.25) is 0 Å². The fourth-order valence-corrected chi connectivity index (χ4v) is 1.26. The summed E-state index contributed by atoms with van der Waals surface area (Å²) < 4.78 is 11.7. The Hall–Kier alpha value is -1.47. The lowest BCUT2D eigenvalue weighted by Gasteiger charge is -2.02. The van der Waals surface area contributed by atoms with E-state index < -0.39 is 5.97 Å². The highest BCUT2D eigenvalue weighted by molar-refractivity contribution is 5.69. The topological polar surface area (TPSA) is 86.5 Å². The van der Waals surface area contributed by atoms with E-state index in [1.54, 1.807) is 18.0 Å². The van der Waals surface area contributed by atoms with Crippen molar-refractivity contribution in [1.29, 1.82) is 0 Å². The number of nitrogens with zero attached hydrogens (tertiary/aromatic N) is 3. The first-order chi connectivity index (χ1) is 8.22. The van der Waals surface area contributed by atoms with Crippen LogP contribution in [0.5, 0.6) is 0 Å². The highest BCUT2D eigenvalue weighted by Crippen LogP contribution is 1.96. The van der Waals surface area contributed by atoms with Crippen molar-refractivity contribution in [2.24, 2.45) is 0 Å². The van der Waals surface area contributed by atoms with Gasteiger partial charge in [0.15, 0.2) is 0 Å². The second-order valence-corrected chi connectivity index (χ2v) is 3.50. The van der Waals surface area contributed by atoms with E-state index in [9.17, 15) is 4.79 Å². The molecule has 7 nitrogen and oxygen atoms in total. The Balaban J connectivity index is 2.14. The van der Waals surface area contributed by atoms with E-state index >= 15 is 0 Å². The molecule has 0 saturated heterocycles. The molecule has 0 bridgehead atoms. The molecule has 0 aromatic carbocycles. The van der Waals surface area contributed by atoms with Gasteiger partial charge in [-0.2, -0.15) is 0 Å². The zero-order valence-electron chi connectivity index (χ0n) is 9.83. The van der Waals surface area contributed by atoms with Gasteiger partial charge in [0.25, 0.3) is 0 Å². The lowest BCUT2D eigenvalue weighted by atomic mass is 10.3. The number of aromatic nitrogens is 3. The number of carbonyl (C=O) groups is 1. The predicted octanol–water partition coefficient (Wildman–Crippen LogP) is -0.0417. The van der Waals surface area contributed by atoms with Crippen molar-refractivity contribution in [1.82, 2.24) is 15.0 Å². The molecule has 17 heavy (non-hydrogen) atoms. The van der Waals surface area contributed by atoms with Gasteiger partial charge in [0, 0.05) is 26.5 Å². The van der Waals surface area contributed by atoms with E-state index in [2.05, 4.69) is 10.3 Å². The van der Waals surface area contributed by atoms with E-state index in [4.69, 9.17) is 14.6 Å². The van der Waals surface area contributed by atoms with Gasteiger partial charge in [-0.15, -0.1) is 5.10 Å². The molecule has 0 saturated carbocycles. The van der Waals surface area contributed by atoms with E-state index in [0.29, 0.717) is 32.1 Å². The Morgan fingerprint density at radius 2 is 2.29 bits per heavy atom. The maximum atomic E-state index is 10.4. The van der Waals surface area contributed by atoms with Gasteiger partial charge in [-0.25, -0.2) is 0 Å². The average Bonchev–Trinajstić information content (AvgIpc) is 2.70. The third kappa shape index (κ3) is 5.98. The van der Waals surface area contributed by atoms with Gasteiger partial charge < -0.3 is 14.6 Å². The molecule has 1 N–H and O–H groups in total. The van der Waals surface area contributed by atoms with Crippen molar-refractivity contribution in [3.05, 3.63) is 11.9 Å². The maximum Gasteiger partial charge on any atom is 0.309 e. The quantitative estimate of drug-likeness (QED) is 0.612. The van der Waals surface area contributed by atoms with Crippen molar-refractivity contribution in [2.45, 2.75) is 19.4 Å². The Morgan fingerprint density at radius 3 is 3.00 bits per heavy atom. The highest BCUT2D eigenvalue weighted by Gasteiger charge is 2.05. The summed E-state index contributed by atoms with van der Waals surface area (Å²) in [4.78, 5) is 10.4. The molecule has 0 unspecified atom stereocenters. The van der Waals surface area contributed by atoms with E-state index in [-0.39, 0.29) is 6.42 Å². The van der Waals surface area contributed by atoms with Crippen molar-refractivity contribution >= 4 is 5.97 Å². The standard InChI is InChI=1S/C10H17N3O4/c1-16-5-6-17-4-2-3-13-8-9(11-12-13)7-10(14)15/h8H,2-7H2,1H3,(H,14,15). The zero-order chi connectivity index (χ0) is 12.5.